The van der Waals surface area contributed by atoms with Crippen molar-refractivity contribution in [1.82, 2.24) is 4.98 Å². The van der Waals surface area contributed by atoms with Crippen LogP contribution in [0.15, 0.2) is 18.3 Å². The van der Waals surface area contributed by atoms with Gasteiger partial charge in [-0.3, -0.25) is 4.79 Å². The van der Waals surface area contributed by atoms with Crippen LogP contribution in [0.4, 0.5) is 11.5 Å². The Bertz CT molecular complexity index is 333. The van der Waals surface area contributed by atoms with Crippen LogP contribution in [0, 0.1) is 5.92 Å². The van der Waals surface area contributed by atoms with Crippen LogP contribution in [0.25, 0.3) is 0 Å². The van der Waals surface area contributed by atoms with Crippen molar-refractivity contribution in [3.63, 3.8) is 0 Å². The molecule has 4 heteroatoms. The summed E-state index contributed by atoms with van der Waals surface area (Å²) in [7, 11) is 0. The number of nitrogens with zero attached hydrogens (tertiary/aromatic N) is 1. The van der Waals surface area contributed by atoms with E-state index in [9.17, 15) is 4.79 Å². The van der Waals surface area contributed by atoms with Gasteiger partial charge >= 0.3 is 0 Å². The number of amides is 1. The Balaban J connectivity index is 2.42. The smallest absolute Gasteiger partial charge is 0.222 e. The van der Waals surface area contributed by atoms with Crippen LogP contribution in [-0.4, -0.2) is 17.4 Å². The molecule has 0 saturated carbocycles. The SMILES string of the molecule is CC(=O)Nc1ccc(NCCC(C)C)cn1. The number of hydrogen-bond acceptors (Lipinski definition) is 3. The zero-order valence-corrected chi connectivity index (χ0v) is 10.1. The monoisotopic (exact) mass is 221 g/mol. The van der Waals surface area contributed by atoms with E-state index >= 15 is 0 Å². The molecule has 88 valence electrons. The first-order valence-corrected chi connectivity index (χ1v) is 5.55. The topological polar surface area (TPSA) is 54.0 Å². The van der Waals surface area contributed by atoms with Gasteiger partial charge in [-0.25, -0.2) is 4.98 Å². The molecule has 4 nitrogen and oxygen atoms in total. The van der Waals surface area contributed by atoms with E-state index in [0.29, 0.717) is 11.7 Å². The first kappa shape index (κ1) is 12.5. The summed E-state index contributed by atoms with van der Waals surface area (Å²) in [6.45, 7) is 6.80. The van der Waals surface area contributed by atoms with Gasteiger partial charge in [0, 0.05) is 13.5 Å². The minimum atomic E-state index is -0.104. The van der Waals surface area contributed by atoms with Gasteiger partial charge in [0.1, 0.15) is 5.82 Å². The standard InChI is InChI=1S/C12H19N3O/c1-9(2)6-7-13-11-4-5-12(14-8-11)15-10(3)16/h4-5,8-9,13H,6-7H2,1-3H3,(H,14,15,16). The van der Waals surface area contributed by atoms with Gasteiger partial charge in [-0.1, -0.05) is 13.8 Å². The van der Waals surface area contributed by atoms with E-state index < -0.39 is 0 Å². The average molecular weight is 221 g/mol. The molecule has 0 aliphatic heterocycles. The van der Waals surface area contributed by atoms with Crippen LogP contribution in [0.1, 0.15) is 27.2 Å². The Morgan fingerprint density at radius 2 is 2.19 bits per heavy atom. The number of aromatic nitrogens is 1. The zero-order valence-electron chi connectivity index (χ0n) is 10.1. The van der Waals surface area contributed by atoms with E-state index in [-0.39, 0.29) is 5.91 Å². The predicted molar refractivity (Wildman–Crippen MR) is 66.5 cm³/mol. The summed E-state index contributed by atoms with van der Waals surface area (Å²) >= 11 is 0. The van der Waals surface area contributed by atoms with Crippen LogP contribution in [0.3, 0.4) is 0 Å². The second kappa shape index (κ2) is 6.10. The summed E-state index contributed by atoms with van der Waals surface area (Å²) in [5.41, 5.74) is 0.981. The normalized spacial score (nSPS) is 10.2. The lowest BCUT2D eigenvalue weighted by molar-refractivity contribution is -0.114. The molecule has 0 aliphatic carbocycles. The number of rotatable bonds is 5. The van der Waals surface area contributed by atoms with E-state index in [0.717, 1.165) is 18.7 Å². The number of hydrogen-bond donors (Lipinski definition) is 2. The maximum absolute atomic E-state index is 10.8. The molecule has 0 unspecified atom stereocenters. The second-order valence-electron chi connectivity index (χ2n) is 4.22. The molecule has 0 aliphatic rings. The summed E-state index contributed by atoms with van der Waals surface area (Å²) in [6, 6.07) is 3.71. The summed E-state index contributed by atoms with van der Waals surface area (Å²) in [5, 5.41) is 5.91. The summed E-state index contributed by atoms with van der Waals surface area (Å²) in [6.07, 6.45) is 2.86. The Kier molecular flexibility index (Phi) is 4.76. The molecule has 0 atom stereocenters. The molecule has 0 saturated heterocycles. The van der Waals surface area contributed by atoms with E-state index in [4.69, 9.17) is 0 Å². The fourth-order valence-corrected chi connectivity index (χ4v) is 1.26. The molecular weight excluding hydrogens is 202 g/mol. The number of carbonyl (C=O) groups is 1. The van der Waals surface area contributed by atoms with Gasteiger partial charge in [-0.15, -0.1) is 0 Å². The molecule has 0 fully saturated rings. The van der Waals surface area contributed by atoms with Gasteiger partial charge in [0.25, 0.3) is 0 Å². The Labute approximate surface area is 96.5 Å². The van der Waals surface area contributed by atoms with Crippen molar-refractivity contribution in [3.05, 3.63) is 18.3 Å². The third-order valence-electron chi connectivity index (χ3n) is 2.12. The Morgan fingerprint density at radius 1 is 1.44 bits per heavy atom. The fraction of sp³-hybridized carbons (Fsp3) is 0.500. The number of anilines is 2. The minimum Gasteiger partial charge on any atom is -0.384 e. The van der Waals surface area contributed by atoms with Gasteiger partial charge in [0.2, 0.25) is 5.91 Å². The van der Waals surface area contributed by atoms with Crippen LogP contribution >= 0.6 is 0 Å². The van der Waals surface area contributed by atoms with Crippen molar-refractivity contribution in [1.29, 1.82) is 0 Å². The van der Waals surface area contributed by atoms with E-state index in [1.54, 1.807) is 12.3 Å². The summed E-state index contributed by atoms with van der Waals surface area (Å²) < 4.78 is 0. The molecule has 1 amide bonds. The fourth-order valence-electron chi connectivity index (χ4n) is 1.26. The largest absolute Gasteiger partial charge is 0.384 e. The molecule has 1 aromatic rings. The summed E-state index contributed by atoms with van der Waals surface area (Å²) in [4.78, 5) is 14.9. The molecule has 1 aromatic heterocycles. The lowest BCUT2D eigenvalue weighted by atomic mass is 10.1. The van der Waals surface area contributed by atoms with Gasteiger partial charge in [-0.05, 0) is 24.5 Å². The van der Waals surface area contributed by atoms with Crippen molar-refractivity contribution >= 4 is 17.4 Å². The van der Waals surface area contributed by atoms with Crippen molar-refractivity contribution in [2.75, 3.05) is 17.2 Å². The molecule has 0 radical (unpaired) electrons. The van der Waals surface area contributed by atoms with Crippen molar-refractivity contribution in [3.8, 4) is 0 Å². The summed E-state index contributed by atoms with van der Waals surface area (Å²) in [5.74, 6) is 1.18. The van der Waals surface area contributed by atoms with E-state index in [1.807, 2.05) is 6.07 Å². The third kappa shape index (κ3) is 4.77. The highest BCUT2D eigenvalue weighted by molar-refractivity contribution is 5.87. The van der Waals surface area contributed by atoms with Crippen molar-refractivity contribution in [2.24, 2.45) is 5.92 Å². The number of nitrogens with one attached hydrogen (secondary N) is 2. The van der Waals surface area contributed by atoms with Crippen LogP contribution in [0.2, 0.25) is 0 Å². The predicted octanol–water partition coefficient (Wildman–Crippen LogP) is 2.50. The quantitative estimate of drug-likeness (QED) is 0.803. The van der Waals surface area contributed by atoms with Crippen LogP contribution < -0.4 is 10.6 Å². The molecule has 0 bridgehead atoms. The van der Waals surface area contributed by atoms with Gasteiger partial charge in [-0.2, -0.15) is 0 Å². The molecule has 0 aromatic carbocycles. The van der Waals surface area contributed by atoms with Crippen LogP contribution in [0.5, 0.6) is 0 Å². The van der Waals surface area contributed by atoms with Crippen LogP contribution in [-0.2, 0) is 4.79 Å². The lowest BCUT2D eigenvalue weighted by Gasteiger charge is -2.08. The van der Waals surface area contributed by atoms with Gasteiger partial charge in [0.15, 0.2) is 0 Å². The number of carbonyl (C=O) groups excluding carboxylic acids is 1. The van der Waals surface area contributed by atoms with Crippen molar-refractivity contribution < 1.29 is 4.79 Å². The molecule has 1 rings (SSSR count). The molecule has 1 heterocycles. The Hall–Kier alpha value is -1.58. The highest BCUT2D eigenvalue weighted by Crippen LogP contribution is 2.10. The Morgan fingerprint density at radius 3 is 2.69 bits per heavy atom. The zero-order chi connectivity index (χ0) is 12.0. The van der Waals surface area contributed by atoms with Crippen molar-refractivity contribution in [2.45, 2.75) is 27.2 Å². The highest BCUT2D eigenvalue weighted by Gasteiger charge is 1.98. The molecule has 0 spiro atoms. The second-order valence-corrected chi connectivity index (χ2v) is 4.22. The first-order chi connectivity index (χ1) is 7.58. The molecular formula is C12H19N3O. The highest BCUT2D eigenvalue weighted by atomic mass is 16.1. The third-order valence-corrected chi connectivity index (χ3v) is 2.12. The van der Waals surface area contributed by atoms with E-state index in [2.05, 4.69) is 29.5 Å². The molecule has 2 N–H and O–H groups in total. The van der Waals surface area contributed by atoms with Gasteiger partial charge in [0.05, 0.1) is 11.9 Å². The minimum absolute atomic E-state index is 0.104. The first-order valence-electron chi connectivity index (χ1n) is 5.55. The number of pyridine rings is 1. The van der Waals surface area contributed by atoms with Gasteiger partial charge < -0.3 is 10.6 Å². The maximum Gasteiger partial charge on any atom is 0.222 e. The maximum atomic E-state index is 10.8. The van der Waals surface area contributed by atoms with E-state index in [1.165, 1.54) is 6.92 Å². The molecule has 16 heavy (non-hydrogen) atoms. The lowest BCUT2D eigenvalue weighted by Crippen LogP contribution is -2.08. The average Bonchev–Trinajstić information content (AvgIpc) is 2.19.